The van der Waals surface area contributed by atoms with Crippen LogP contribution >= 0.6 is 11.3 Å². The molecule has 0 radical (unpaired) electrons. The molecule has 0 bridgehead atoms. The molecule has 21 heavy (non-hydrogen) atoms. The molecule has 0 saturated carbocycles. The van der Waals surface area contributed by atoms with E-state index < -0.39 is 0 Å². The zero-order chi connectivity index (χ0) is 15.5. The van der Waals surface area contributed by atoms with Crippen LogP contribution in [0.1, 0.15) is 37.0 Å². The Labute approximate surface area is 129 Å². The Morgan fingerprint density at radius 2 is 2.05 bits per heavy atom. The van der Waals surface area contributed by atoms with Crippen LogP contribution in [0.5, 0.6) is 11.5 Å². The molecule has 0 saturated heterocycles. The highest BCUT2D eigenvalue weighted by molar-refractivity contribution is 7.09. The van der Waals surface area contributed by atoms with E-state index >= 15 is 0 Å². The van der Waals surface area contributed by atoms with Crippen molar-refractivity contribution in [2.75, 3.05) is 7.11 Å². The molecule has 0 atom stereocenters. The van der Waals surface area contributed by atoms with E-state index in [1.54, 1.807) is 36.6 Å². The van der Waals surface area contributed by atoms with Crippen molar-refractivity contribution in [2.24, 2.45) is 0 Å². The van der Waals surface area contributed by atoms with Gasteiger partial charge in [0.1, 0.15) is 11.6 Å². The zero-order valence-corrected chi connectivity index (χ0v) is 13.5. The number of ether oxygens (including phenoxy) is 2. The molecule has 5 heteroatoms. The predicted octanol–water partition coefficient (Wildman–Crippen LogP) is 3.90. The molecule has 0 aliphatic rings. The van der Waals surface area contributed by atoms with Crippen molar-refractivity contribution in [3.8, 4) is 17.6 Å². The van der Waals surface area contributed by atoms with Crippen molar-refractivity contribution in [2.45, 2.75) is 32.8 Å². The third-order valence-electron chi connectivity index (χ3n) is 2.96. The number of hydrogen-bond donors (Lipinski definition) is 0. The van der Waals surface area contributed by atoms with Gasteiger partial charge in [0, 0.05) is 16.9 Å². The van der Waals surface area contributed by atoms with Crippen LogP contribution < -0.4 is 9.47 Å². The van der Waals surface area contributed by atoms with E-state index in [9.17, 15) is 0 Å². The lowest BCUT2D eigenvalue weighted by atomic mass is 9.93. The number of benzene rings is 1. The van der Waals surface area contributed by atoms with Gasteiger partial charge in [-0.3, -0.25) is 0 Å². The Bertz CT molecular complexity index is 666. The fraction of sp³-hybridized carbons (Fsp3) is 0.375. The van der Waals surface area contributed by atoms with Gasteiger partial charge in [-0.25, -0.2) is 4.98 Å². The third-order valence-corrected chi connectivity index (χ3v) is 3.79. The van der Waals surface area contributed by atoms with Gasteiger partial charge in [0.25, 0.3) is 0 Å². The first-order valence-corrected chi connectivity index (χ1v) is 7.48. The smallest absolute Gasteiger partial charge is 0.162 e. The molecule has 2 rings (SSSR count). The summed E-state index contributed by atoms with van der Waals surface area (Å²) in [5.74, 6) is 1.17. The number of thiazole rings is 1. The topological polar surface area (TPSA) is 55.1 Å². The van der Waals surface area contributed by atoms with Crippen LogP contribution in [0.3, 0.4) is 0 Å². The molecule has 2 aromatic rings. The average Bonchev–Trinajstić information content (AvgIpc) is 2.94. The van der Waals surface area contributed by atoms with Crippen LogP contribution in [0.2, 0.25) is 0 Å². The van der Waals surface area contributed by atoms with Crippen molar-refractivity contribution >= 4 is 11.3 Å². The minimum atomic E-state index is 0.0425. The van der Waals surface area contributed by atoms with Crippen molar-refractivity contribution < 1.29 is 9.47 Å². The minimum absolute atomic E-state index is 0.0425. The van der Waals surface area contributed by atoms with Crippen LogP contribution in [0.15, 0.2) is 23.6 Å². The molecular formula is C16H18N2O2S. The van der Waals surface area contributed by atoms with E-state index in [1.165, 1.54) is 0 Å². The van der Waals surface area contributed by atoms with Crippen LogP contribution in [0, 0.1) is 11.3 Å². The van der Waals surface area contributed by atoms with Gasteiger partial charge in [-0.05, 0) is 12.1 Å². The van der Waals surface area contributed by atoms with Gasteiger partial charge in [-0.1, -0.05) is 20.8 Å². The lowest BCUT2D eigenvalue weighted by molar-refractivity contribution is 0.283. The summed E-state index contributed by atoms with van der Waals surface area (Å²) >= 11 is 1.59. The molecule has 0 amide bonds. The van der Waals surface area contributed by atoms with Gasteiger partial charge in [0.05, 0.1) is 24.4 Å². The molecule has 1 aromatic carbocycles. The Morgan fingerprint density at radius 1 is 1.29 bits per heavy atom. The quantitative estimate of drug-likeness (QED) is 0.859. The Balaban J connectivity index is 2.10. The Hall–Kier alpha value is -2.06. The lowest BCUT2D eigenvalue weighted by Crippen LogP contribution is -2.11. The van der Waals surface area contributed by atoms with E-state index in [0.29, 0.717) is 23.7 Å². The van der Waals surface area contributed by atoms with Crippen molar-refractivity contribution in [3.05, 3.63) is 39.8 Å². The second kappa shape index (κ2) is 6.15. The molecule has 0 aliphatic carbocycles. The van der Waals surface area contributed by atoms with Gasteiger partial charge in [-0.2, -0.15) is 5.26 Å². The average molecular weight is 302 g/mol. The molecule has 0 fully saturated rings. The molecule has 0 aliphatic heterocycles. The summed E-state index contributed by atoms with van der Waals surface area (Å²) in [6.45, 7) is 6.80. The maximum atomic E-state index is 8.88. The normalized spacial score (nSPS) is 11.0. The van der Waals surface area contributed by atoms with Gasteiger partial charge in [0.15, 0.2) is 11.5 Å². The van der Waals surface area contributed by atoms with E-state index in [-0.39, 0.29) is 5.41 Å². The number of rotatable bonds is 4. The summed E-state index contributed by atoms with van der Waals surface area (Å²) in [5, 5.41) is 11.9. The summed E-state index contributed by atoms with van der Waals surface area (Å²) < 4.78 is 11.0. The van der Waals surface area contributed by atoms with E-state index in [0.717, 1.165) is 10.7 Å². The van der Waals surface area contributed by atoms with Crippen LogP contribution in [0.4, 0.5) is 0 Å². The number of aromatic nitrogens is 1. The molecule has 1 aromatic heterocycles. The first kappa shape index (κ1) is 15.3. The number of methoxy groups -OCH3 is 1. The predicted molar refractivity (Wildman–Crippen MR) is 82.9 cm³/mol. The second-order valence-corrected chi connectivity index (χ2v) is 6.59. The van der Waals surface area contributed by atoms with Gasteiger partial charge in [0.2, 0.25) is 0 Å². The van der Waals surface area contributed by atoms with Crippen molar-refractivity contribution in [1.82, 2.24) is 4.98 Å². The largest absolute Gasteiger partial charge is 0.493 e. The number of hydrogen-bond acceptors (Lipinski definition) is 5. The lowest BCUT2D eigenvalue weighted by Gasteiger charge is -2.14. The summed E-state index contributed by atoms with van der Waals surface area (Å²) in [7, 11) is 1.56. The monoisotopic (exact) mass is 302 g/mol. The van der Waals surface area contributed by atoms with Gasteiger partial charge >= 0.3 is 0 Å². The van der Waals surface area contributed by atoms with E-state index in [4.69, 9.17) is 14.7 Å². The molecule has 1 heterocycles. The zero-order valence-electron chi connectivity index (χ0n) is 12.6. The fourth-order valence-electron chi connectivity index (χ4n) is 1.72. The third kappa shape index (κ3) is 3.73. The maximum Gasteiger partial charge on any atom is 0.162 e. The van der Waals surface area contributed by atoms with Gasteiger partial charge in [-0.15, -0.1) is 11.3 Å². The first-order chi connectivity index (χ1) is 9.94. The van der Waals surface area contributed by atoms with Crippen molar-refractivity contribution in [1.29, 1.82) is 5.26 Å². The highest BCUT2D eigenvalue weighted by Gasteiger charge is 2.17. The summed E-state index contributed by atoms with van der Waals surface area (Å²) in [6.07, 6.45) is 0. The number of nitriles is 1. The van der Waals surface area contributed by atoms with Gasteiger partial charge < -0.3 is 9.47 Å². The maximum absolute atomic E-state index is 8.88. The standard InChI is InChI=1S/C16H18N2O2S/c1-16(2,3)14-10-21-15(18-14)9-20-12-6-5-11(8-17)7-13(12)19-4/h5-7,10H,9H2,1-4H3. The van der Waals surface area contributed by atoms with Crippen LogP contribution in [-0.2, 0) is 12.0 Å². The summed E-state index contributed by atoms with van der Waals surface area (Å²) in [6, 6.07) is 7.20. The molecule has 110 valence electrons. The van der Waals surface area contributed by atoms with Crippen LogP contribution in [0.25, 0.3) is 0 Å². The highest BCUT2D eigenvalue weighted by Crippen LogP contribution is 2.29. The minimum Gasteiger partial charge on any atom is -0.493 e. The molecular weight excluding hydrogens is 284 g/mol. The molecule has 0 N–H and O–H groups in total. The Kier molecular flexibility index (Phi) is 4.49. The van der Waals surface area contributed by atoms with E-state index in [1.807, 2.05) is 0 Å². The summed E-state index contributed by atoms with van der Waals surface area (Å²) in [5.41, 5.74) is 1.65. The molecule has 0 unspecified atom stereocenters. The molecule has 0 spiro atoms. The molecule has 4 nitrogen and oxygen atoms in total. The van der Waals surface area contributed by atoms with Crippen LogP contribution in [-0.4, -0.2) is 12.1 Å². The first-order valence-electron chi connectivity index (χ1n) is 6.60. The second-order valence-electron chi connectivity index (χ2n) is 5.64. The highest BCUT2D eigenvalue weighted by atomic mass is 32.1. The number of nitrogens with zero attached hydrogens (tertiary/aromatic N) is 2. The SMILES string of the molecule is COc1cc(C#N)ccc1OCc1nc(C(C)(C)C)cs1. The van der Waals surface area contributed by atoms with E-state index in [2.05, 4.69) is 37.2 Å². The fourth-order valence-corrected chi connectivity index (χ4v) is 2.65. The summed E-state index contributed by atoms with van der Waals surface area (Å²) in [4.78, 5) is 4.59. The Morgan fingerprint density at radius 3 is 2.62 bits per heavy atom. The van der Waals surface area contributed by atoms with Crippen molar-refractivity contribution in [3.63, 3.8) is 0 Å².